The van der Waals surface area contributed by atoms with E-state index in [9.17, 15) is 4.79 Å². The highest BCUT2D eigenvalue weighted by molar-refractivity contribution is 5.87. The molecule has 1 aliphatic heterocycles. The molecule has 23 heavy (non-hydrogen) atoms. The summed E-state index contributed by atoms with van der Waals surface area (Å²) in [6.07, 6.45) is 11.3. The summed E-state index contributed by atoms with van der Waals surface area (Å²) < 4.78 is 0. The van der Waals surface area contributed by atoms with Gasteiger partial charge in [0.05, 0.1) is 0 Å². The molecule has 1 aromatic rings. The Morgan fingerprint density at radius 3 is 2.74 bits per heavy atom. The first kappa shape index (κ1) is 16.3. The molecule has 1 N–H and O–H groups in total. The van der Waals surface area contributed by atoms with Gasteiger partial charge in [0.25, 0.3) is 0 Å². The first-order chi connectivity index (χ1) is 11.2. The molecule has 1 fully saturated rings. The van der Waals surface area contributed by atoms with Crippen LogP contribution in [0.2, 0.25) is 0 Å². The zero-order valence-electron chi connectivity index (χ0n) is 14.1. The summed E-state index contributed by atoms with van der Waals surface area (Å²) in [4.78, 5) is 14.4. The van der Waals surface area contributed by atoms with Gasteiger partial charge >= 0.3 is 0 Å². The van der Waals surface area contributed by atoms with Crippen LogP contribution in [0.25, 0.3) is 0 Å². The summed E-state index contributed by atoms with van der Waals surface area (Å²) >= 11 is 0. The molecular formula is C20H28N2O. The summed E-state index contributed by atoms with van der Waals surface area (Å²) in [7, 11) is 2.14. The van der Waals surface area contributed by atoms with E-state index in [1.165, 1.54) is 43.2 Å². The minimum atomic E-state index is 0.0582. The highest BCUT2D eigenvalue weighted by Crippen LogP contribution is 2.24. The second-order valence-electron chi connectivity index (χ2n) is 7.04. The SMILES string of the molecule is CN1Cc2ccccc2CC1CNC(=O)C=CC1CCCCC1. The number of allylic oxidation sites excluding steroid dienone is 1. The van der Waals surface area contributed by atoms with Gasteiger partial charge in [0.2, 0.25) is 5.91 Å². The number of nitrogens with zero attached hydrogens (tertiary/aromatic N) is 1. The minimum absolute atomic E-state index is 0.0582. The number of hydrogen-bond acceptors (Lipinski definition) is 2. The highest BCUT2D eigenvalue weighted by Gasteiger charge is 2.23. The third kappa shape index (κ3) is 4.44. The van der Waals surface area contributed by atoms with E-state index in [4.69, 9.17) is 0 Å². The third-order valence-corrected chi connectivity index (χ3v) is 5.30. The summed E-state index contributed by atoms with van der Waals surface area (Å²) in [6, 6.07) is 9.00. The number of hydrogen-bond donors (Lipinski definition) is 1. The Balaban J connectivity index is 1.48. The normalized spacial score (nSPS) is 22.9. The molecule has 2 aliphatic rings. The Morgan fingerprint density at radius 2 is 1.96 bits per heavy atom. The van der Waals surface area contributed by atoms with Crippen LogP contribution in [0.4, 0.5) is 0 Å². The van der Waals surface area contributed by atoms with Gasteiger partial charge < -0.3 is 5.32 Å². The van der Waals surface area contributed by atoms with Crippen LogP contribution in [0.3, 0.4) is 0 Å². The van der Waals surface area contributed by atoms with Crippen molar-refractivity contribution in [3.63, 3.8) is 0 Å². The van der Waals surface area contributed by atoms with Gasteiger partial charge in [0, 0.05) is 19.1 Å². The Labute approximate surface area is 139 Å². The lowest BCUT2D eigenvalue weighted by Gasteiger charge is -2.34. The second kappa shape index (κ2) is 7.78. The van der Waals surface area contributed by atoms with Gasteiger partial charge in [-0.1, -0.05) is 49.6 Å². The molecule has 1 aliphatic carbocycles. The number of amides is 1. The Bertz CT molecular complexity index is 561. The van der Waals surface area contributed by atoms with Gasteiger partial charge in [-0.15, -0.1) is 0 Å². The number of carbonyl (C=O) groups is 1. The van der Waals surface area contributed by atoms with E-state index in [0.29, 0.717) is 12.0 Å². The first-order valence-electron chi connectivity index (χ1n) is 8.95. The van der Waals surface area contributed by atoms with Crippen molar-refractivity contribution in [2.24, 2.45) is 5.92 Å². The van der Waals surface area contributed by atoms with Crippen LogP contribution in [-0.4, -0.2) is 30.4 Å². The van der Waals surface area contributed by atoms with E-state index in [1.54, 1.807) is 6.08 Å². The number of rotatable bonds is 4. The van der Waals surface area contributed by atoms with Crippen LogP contribution >= 0.6 is 0 Å². The predicted octanol–water partition coefficient (Wildman–Crippen LogP) is 3.30. The zero-order valence-corrected chi connectivity index (χ0v) is 14.1. The van der Waals surface area contributed by atoms with Crippen molar-refractivity contribution in [3.05, 3.63) is 47.5 Å². The van der Waals surface area contributed by atoms with Crippen LogP contribution < -0.4 is 5.32 Å². The van der Waals surface area contributed by atoms with Crippen molar-refractivity contribution in [1.82, 2.24) is 10.2 Å². The Morgan fingerprint density at radius 1 is 1.22 bits per heavy atom. The molecule has 124 valence electrons. The van der Waals surface area contributed by atoms with Crippen molar-refractivity contribution in [3.8, 4) is 0 Å². The molecule has 1 aromatic carbocycles. The predicted molar refractivity (Wildman–Crippen MR) is 94.1 cm³/mol. The molecule has 3 rings (SSSR count). The largest absolute Gasteiger partial charge is 0.351 e. The lowest BCUT2D eigenvalue weighted by atomic mass is 9.89. The number of nitrogens with one attached hydrogen (secondary N) is 1. The van der Waals surface area contributed by atoms with Crippen molar-refractivity contribution < 1.29 is 4.79 Å². The number of likely N-dealkylation sites (N-methyl/N-ethyl adjacent to an activating group) is 1. The quantitative estimate of drug-likeness (QED) is 0.865. The van der Waals surface area contributed by atoms with E-state index in [-0.39, 0.29) is 5.91 Å². The maximum absolute atomic E-state index is 12.1. The zero-order chi connectivity index (χ0) is 16.1. The van der Waals surface area contributed by atoms with Gasteiger partial charge in [-0.05, 0) is 49.4 Å². The molecule has 3 nitrogen and oxygen atoms in total. The molecule has 0 saturated heterocycles. The number of carbonyl (C=O) groups excluding carboxylic acids is 1. The summed E-state index contributed by atoms with van der Waals surface area (Å²) in [5.41, 5.74) is 2.83. The molecule has 1 unspecified atom stereocenters. The van der Waals surface area contributed by atoms with E-state index in [0.717, 1.165) is 19.5 Å². The molecule has 1 amide bonds. The highest BCUT2D eigenvalue weighted by atomic mass is 16.1. The smallest absolute Gasteiger partial charge is 0.243 e. The van der Waals surface area contributed by atoms with E-state index >= 15 is 0 Å². The van der Waals surface area contributed by atoms with Crippen molar-refractivity contribution >= 4 is 5.91 Å². The molecule has 0 radical (unpaired) electrons. The lowest BCUT2D eigenvalue weighted by molar-refractivity contribution is -0.116. The van der Waals surface area contributed by atoms with Gasteiger partial charge in [0.1, 0.15) is 0 Å². The topological polar surface area (TPSA) is 32.3 Å². The van der Waals surface area contributed by atoms with Crippen LogP contribution in [0.1, 0.15) is 43.2 Å². The molecule has 0 bridgehead atoms. The number of benzene rings is 1. The molecule has 3 heteroatoms. The Hall–Kier alpha value is -1.61. The molecule has 0 spiro atoms. The van der Waals surface area contributed by atoms with Crippen LogP contribution in [-0.2, 0) is 17.8 Å². The summed E-state index contributed by atoms with van der Waals surface area (Å²) in [5.74, 6) is 0.668. The van der Waals surface area contributed by atoms with Crippen LogP contribution in [0, 0.1) is 5.92 Å². The van der Waals surface area contributed by atoms with Gasteiger partial charge in [-0.25, -0.2) is 0 Å². The standard InChI is InChI=1S/C20H28N2O/c1-22-15-18-10-6-5-9-17(18)13-19(22)14-21-20(23)12-11-16-7-3-2-4-8-16/h5-6,9-12,16,19H,2-4,7-8,13-15H2,1H3,(H,21,23). The maximum atomic E-state index is 12.1. The lowest BCUT2D eigenvalue weighted by Crippen LogP contribution is -2.45. The van der Waals surface area contributed by atoms with E-state index < -0.39 is 0 Å². The van der Waals surface area contributed by atoms with Crippen molar-refractivity contribution in [2.75, 3.05) is 13.6 Å². The maximum Gasteiger partial charge on any atom is 0.243 e. The summed E-state index contributed by atoms with van der Waals surface area (Å²) in [6.45, 7) is 1.69. The number of fused-ring (bicyclic) bond motifs is 1. The minimum Gasteiger partial charge on any atom is -0.351 e. The fourth-order valence-corrected chi connectivity index (χ4v) is 3.77. The Kier molecular flexibility index (Phi) is 5.50. The average Bonchev–Trinajstić information content (AvgIpc) is 2.59. The molecular weight excluding hydrogens is 284 g/mol. The van der Waals surface area contributed by atoms with Gasteiger partial charge in [0.15, 0.2) is 0 Å². The fraction of sp³-hybridized carbons (Fsp3) is 0.550. The average molecular weight is 312 g/mol. The molecule has 1 atom stereocenters. The van der Waals surface area contributed by atoms with Crippen molar-refractivity contribution in [2.45, 2.75) is 51.1 Å². The first-order valence-corrected chi connectivity index (χ1v) is 8.95. The van der Waals surface area contributed by atoms with Crippen molar-refractivity contribution in [1.29, 1.82) is 0 Å². The second-order valence-corrected chi connectivity index (χ2v) is 7.04. The fourth-order valence-electron chi connectivity index (χ4n) is 3.77. The van der Waals surface area contributed by atoms with Crippen LogP contribution in [0.5, 0.6) is 0 Å². The van der Waals surface area contributed by atoms with Crippen LogP contribution in [0.15, 0.2) is 36.4 Å². The summed E-state index contributed by atoms with van der Waals surface area (Å²) in [5, 5.41) is 3.09. The van der Waals surface area contributed by atoms with Gasteiger partial charge in [-0.3, -0.25) is 9.69 Å². The third-order valence-electron chi connectivity index (χ3n) is 5.30. The molecule has 0 aromatic heterocycles. The van der Waals surface area contributed by atoms with E-state index in [2.05, 4.69) is 47.6 Å². The van der Waals surface area contributed by atoms with E-state index in [1.807, 2.05) is 0 Å². The van der Waals surface area contributed by atoms with Gasteiger partial charge in [-0.2, -0.15) is 0 Å². The molecule has 1 saturated carbocycles. The molecule has 1 heterocycles. The monoisotopic (exact) mass is 312 g/mol.